The second kappa shape index (κ2) is 9.22. The number of nitrogens with two attached hydrogens (primary N) is 1. The van der Waals surface area contributed by atoms with Gasteiger partial charge in [-0.25, -0.2) is 4.98 Å². The van der Waals surface area contributed by atoms with Gasteiger partial charge in [0.05, 0.1) is 4.88 Å². The molecule has 3 N–H and O–H groups in total. The van der Waals surface area contributed by atoms with Gasteiger partial charge in [-0.15, -0.1) is 11.3 Å². The van der Waals surface area contributed by atoms with Gasteiger partial charge in [-0.2, -0.15) is 5.10 Å². The maximum Gasteiger partial charge on any atom is 0.160 e. The number of hydrogen-bond acceptors (Lipinski definition) is 6. The second-order valence-electron chi connectivity index (χ2n) is 5.95. The number of hydrazone groups is 1. The summed E-state index contributed by atoms with van der Waals surface area (Å²) < 4.78 is 0. The van der Waals surface area contributed by atoms with E-state index in [-0.39, 0.29) is 0 Å². The zero-order valence-electron chi connectivity index (χ0n) is 14.2. The van der Waals surface area contributed by atoms with E-state index < -0.39 is 0 Å². The minimum Gasteiger partial charge on any atom is -0.388 e. The van der Waals surface area contributed by atoms with Crippen molar-refractivity contribution in [1.82, 2.24) is 10.4 Å². The Hall–Kier alpha value is -2.15. The third-order valence-electron chi connectivity index (χ3n) is 3.97. The van der Waals surface area contributed by atoms with E-state index in [0.717, 1.165) is 27.1 Å². The summed E-state index contributed by atoms with van der Waals surface area (Å²) >= 11 is 1.42. The Balaban J connectivity index is 0.000000185. The molecule has 0 spiro atoms. The van der Waals surface area contributed by atoms with Crippen molar-refractivity contribution < 1.29 is 4.79 Å². The lowest BCUT2D eigenvalue weighted by Gasteiger charge is -2.20. The van der Waals surface area contributed by atoms with Gasteiger partial charge in [0.2, 0.25) is 0 Å². The number of pyridine rings is 1. The summed E-state index contributed by atoms with van der Waals surface area (Å²) in [6.45, 7) is 0. The molecule has 6 nitrogen and oxygen atoms in total. The van der Waals surface area contributed by atoms with Crippen LogP contribution in [0.2, 0.25) is 0 Å². The lowest BCUT2D eigenvalue weighted by atomic mass is 9.96. The predicted octanol–water partition coefficient (Wildman–Crippen LogP) is 2.99. The highest BCUT2D eigenvalue weighted by Crippen LogP contribution is 2.29. The van der Waals surface area contributed by atoms with Crippen LogP contribution in [0.4, 0.5) is 5.69 Å². The van der Waals surface area contributed by atoms with Crippen molar-refractivity contribution in [3.05, 3.63) is 23.2 Å². The first-order valence-corrected chi connectivity index (χ1v) is 8.97. The van der Waals surface area contributed by atoms with E-state index in [0.29, 0.717) is 6.04 Å². The van der Waals surface area contributed by atoms with E-state index in [1.807, 2.05) is 31.1 Å². The van der Waals surface area contributed by atoms with Crippen molar-refractivity contribution in [2.24, 2.45) is 10.8 Å². The summed E-state index contributed by atoms with van der Waals surface area (Å²) in [6, 6.07) is 4.41. The van der Waals surface area contributed by atoms with Gasteiger partial charge < -0.3 is 16.1 Å². The van der Waals surface area contributed by atoms with Crippen LogP contribution in [0.15, 0.2) is 23.4 Å². The highest BCUT2D eigenvalue weighted by molar-refractivity contribution is 7.20. The zero-order chi connectivity index (χ0) is 17.4. The fraction of sp³-hybridized carbons (Fsp3) is 0.471. The molecule has 0 bridgehead atoms. The van der Waals surface area contributed by atoms with Crippen molar-refractivity contribution in [3.63, 3.8) is 0 Å². The second-order valence-corrected chi connectivity index (χ2v) is 7.01. The number of hydrogen-bond donors (Lipinski definition) is 2. The molecule has 2 aromatic rings. The molecule has 1 fully saturated rings. The smallest absolute Gasteiger partial charge is 0.160 e. The minimum absolute atomic E-state index is 0.577. The molecule has 0 aromatic carbocycles. The minimum atomic E-state index is 0.577. The Morgan fingerprint density at radius 1 is 1.38 bits per heavy atom. The number of carbonyl (C=O) groups is 1. The largest absolute Gasteiger partial charge is 0.388 e. The molecule has 0 radical (unpaired) electrons. The Bertz CT molecular complexity index is 677. The molecule has 0 aliphatic heterocycles. The topological polar surface area (TPSA) is 83.6 Å². The summed E-state index contributed by atoms with van der Waals surface area (Å²) in [5.41, 5.74) is 9.20. The summed E-state index contributed by atoms with van der Waals surface area (Å²) in [5.74, 6) is 0. The maximum absolute atomic E-state index is 10.6. The first kappa shape index (κ1) is 18.2. The molecule has 0 saturated heterocycles. The Labute approximate surface area is 146 Å². The molecule has 3 rings (SSSR count). The summed E-state index contributed by atoms with van der Waals surface area (Å²) in [5, 5.41) is 4.84. The average molecular weight is 347 g/mol. The first-order chi connectivity index (χ1) is 11.7. The average Bonchev–Trinajstić information content (AvgIpc) is 3.04. The number of nitrogens with one attached hydrogen (secondary N) is 1. The van der Waals surface area contributed by atoms with Crippen molar-refractivity contribution in [2.45, 2.75) is 38.1 Å². The van der Waals surface area contributed by atoms with Gasteiger partial charge in [-0.3, -0.25) is 4.79 Å². The molecular weight excluding hydrogens is 322 g/mol. The number of thiophene rings is 1. The molecule has 7 heteroatoms. The van der Waals surface area contributed by atoms with Crippen molar-refractivity contribution in [2.75, 3.05) is 19.0 Å². The van der Waals surface area contributed by atoms with Gasteiger partial charge in [-0.05, 0) is 25.0 Å². The van der Waals surface area contributed by atoms with E-state index >= 15 is 0 Å². The summed E-state index contributed by atoms with van der Waals surface area (Å²) in [4.78, 5) is 18.5. The SMILES string of the molecule is CN(C)c1ccnc2sc(C=O)cc12.N/C=N/NC1CCCCC1. The Morgan fingerprint density at radius 2 is 2.12 bits per heavy atom. The third kappa shape index (κ3) is 4.92. The lowest BCUT2D eigenvalue weighted by molar-refractivity contribution is 0.112. The van der Waals surface area contributed by atoms with Crippen LogP contribution >= 0.6 is 11.3 Å². The van der Waals surface area contributed by atoms with Gasteiger partial charge in [-0.1, -0.05) is 19.3 Å². The number of carbonyl (C=O) groups excluding carboxylic acids is 1. The van der Waals surface area contributed by atoms with Gasteiger partial charge in [0.25, 0.3) is 0 Å². The van der Waals surface area contributed by atoms with E-state index in [4.69, 9.17) is 5.73 Å². The number of aromatic nitrogens is 1. The molecule has 0 amide bonds. The standard InChI is InChI=1S/C10H10N2OS.C7H15N3/c1-12(2)9-3-4-11-10-8(9)5-7(6-13)14-10;8-6-9-10-7-4-2-1-3-5-7/h3-6H,1-2H3;6-7,10H,1-5H2,(H2,8,9). The van der Waals surface area contributed by atoms with Gasteiger partial charge in [0, 0.05) is 37.4 Å². The van der Waals surface area contributed by atoms with Crippen LogP contribution in [0.5, 0.6) is 0 Å². The molecule has 2 aromatic heterocycles. The van der Waals surface area contributed by atoms with Crippen LogP contribution in [0.1, 0.15) is 41.8 Å². The number of fused-ring (bicyclic) bond motifs is 1. The Morgan fingerprint density at radius 3 is 2.75 bits per heavy atom. The summed E-state index contributed by atoms with van der Waals surface area (Å²) in [6.07, 6.45) is 10.5. The molecular formula is C17H25N5OS. The monoisotopic (exact) mass is 347 g/mol. The summed E-state index contributed by atoms with van der Waals surface area (Å²) in [7, 11) is 3.96. The van der Waals surface area contributed by atoms with Crippen LogP contribution in [-0.4, -0.2) is 37.7 Å². The zero-order valence-corrected chi connectivity index (χ0v) is 15.1. The third-order valence-corrected chi connectivity index (χ3v) is 4.93. The van der Waals surface area contributed by atoms with Gasteiger partial charge in [0.1, 0.15) is 11.2 Å². The normalized spacial score (nSPS) is 15.1. The fourth-order valence-corrected chi connectivity index (χ4v) is 3.61. The number of aldehydes is 1. The van der Waals surface area contributed by atoms with Gasteiger partial charge in [0.15, 0.2) is 6.29 Å². The van der Waals surface area contributed by atoms with E-state index in [2.05, 4.69) is 15.5 Å². The molecule has 1 aliphatic carbocycles. The van der Waals surface area contributed by atoms with Crippen LogP contribution < -0.4 is 16.1 Å². The molecule has 2 heterocycles. The molecule has 0 atom stereocenters. The Kier molecular flexibility index (Phi) is 6.99. The van der Waals surface area contributed by atoms with Crippen molar-refractivity contribution >= 4 is 39.9 Å². The predicted molar refractivity (Wildman–Crippen MR) is 102 cm³/mol. The maximum atomic E-state index is 10.6. The van der Waals surface area contributed by atoms with E-state index in [1.165, 1.54) is 49.8 Å². The van der Waals surface area contributed by atoms with Crippen LogP contribution in [0, 0.1) is 0 Å². The highest BCUT2D eigenvalue weighted by atomic mass is 32.1. The van der Waals surface area contributed by atoms with Crippen LogP contribution in [0.25, 0.3) is 10.2 Å². The number of anilines is 1. The van der Waals surface area contributed by atoms with Gasteiger partial charge >= 0.3 is 0 Å². The van der Waals surface area contributed by atoms with Crippen LogP contribution in [0.3, 0.4) is 0 Å². The molecule has 0 unspecified atom stereocenters. The van der Waals surface area contributed by atoms with E-state index in [9.17, 15) is 4.79 Å². The fourth-order valence-electron chi connectivity index (χ4n) is 2.77. The first-order valence-electron chi connectivity index (χ1n) is 8.15. The number of nitrogens with zero attached hydrogens (tertiary/aromatic N) is 3. The van der Waals surface area contributed by atoms with Crippen LogP contribution in [-0.2, 0) is 0 Å². The van der Waals surface area contributed by atoms with Crippen molar-refractivity contribution in [3.8, 4) is 0 Å². The molecule has 1 aliphatic rings. The number of rotatable bonds is 4. The highest BCUT2D eigenvalue weighted by Gasteiger charge is 2.11. The lowest BCUT2D eigenvalue weighted by Crippen LogP contribution is -2.27. The van der Waals surface area contributed by atoms with Crippen molar-refractivity contribution in [1.29, 1.82) is 0 Å². The molecule has 130 valence electrons. The molecule has 24 heavy (non-hydrogen) atoms. The van der Waals surface area contributed by atoms with E-state index in [1.54, 1.807) is 6.20 Å². The quantitative estimate of drug-likeness (QED) is 0.384. The molecule has 1 saturated carbocycles.